The van der Waals surface area contributed by atoms with Crippen LogP contribution in [-0.2, 0) is 14.8 Å². The largest absolute Gasteiger partial charge is 0.457 e. The first kappa shape index (κ1) is 28.4. The maximum Gasteiger partial charge on any atom is 0.264 e. The molecule has 0 aliphatic heterocycles. The number of nitrogens with one attached hydrogen (secondary N) is 2. The highest BCUT2D eigenvalue weighted by Gasteiger charge is 2.28. The molecule has 0 fully saturated rings. The molecule has 40 heavy (non-hydrogen) atoms. The topological polar surface area (TPSA) is 105 Å². The molecule has 0 heterocycles. The van der Waals surface area contributed by atoms with Crippen molar-refractivity contribution in [3.63, 3.8) is 0 Å². The summed E-state index contributed by atoms with van der Waals surface area (Å²) in [5, 5.41) is 5.51. The predicted octanol–water partition coefficient (Wildman–Crippen LogP) is 5.76. The third kappa shape index (κ3) is 7.06. The van der Waals surface area contributed by atoms with Crippen molar-refractivity contribution < 1.29 is 22.7 Å². The second-order valence-electron chi connectivity index (χ2n) is 9.08. The summed E-state index contributed by atoms with van der Waals surface area (Å²) in [6.45, 7) is 3.78. The van der Waals surface area contributed by atoms with Gasteiger partial charge in [0.1, 0.15) is 18.0 Å². The van der Waals surface area contributed by atoms with Crippen LogP contribution in [0, 0.1) is 6.92 Å². The highest BCUT2D eigenvalue weighted by Crippen LogP contribution is 2.28. The Bertz CT molecular complexity index is 1560. The SMILES string of the molecule is CCCNC(=O)c1ccccc1NC(=O)CN(c1ccc(Oc2ccccc2)cc1)S(=O)(=O)c1ccc(C)cc1. The molecular formula is C31H31N3O5S. The molecule has 206 valence electrons. The van der Waals surface area contributed by atoms with E-state index in [-0.39, 0.29) is 16.5 Å². The maximum atomic E-state index is 13.8. The molecule has 9 heteroatoms. The molecule has 0 saturated carbocycles. The van der Waals surface area contributed by atoms with Gasteiger partial charge in [-0.05, 0) is 74.0 Å². The fourth-order valence-corrected chi connectivity index (χ4v) is 5.32. The van der Waals surface area contributed by atoms with Crippen molar-refractivity contribution in [1.82, 2.24) is 5.32 Å². The Morgan fingerprint density at radius 1 is 0.800 bits per heavy atom. The first-order valence-corrected chi connectivity index (χ1v) is 14.3. The van der Waals surface area contributed by atoms with Crippen molar-refractivity contribution in [2.45, 2.75) is 25.2 Å². The average molecular weight is 558 g/mol. The number of nitrogens with zero attached hydrogens (tertiary/aromatic N) is 1. The van der Waals surface area contributed by atoms with E-state index in [2.05, 4.69) is 10.6 Å². The van der Waals surface area contributed by atoms with Gasteiger partial charge in [-0.25, -0.2) is 8.42 Å². The molecule has 8 nitrogen and oxygen atoms in total. The Morgan fingerprint density at radius 3 is 2.10 bits per heavy atom. The Balaban J connectivity index is 1.62. The predicted molar refractivity (Wildman–Crippen MR) is 156 cm³/mol. The number of hydrogen-bond acceptors (Lipinski definition) is 5. The Hall–Kier alpha value is -4.63. The number of hydrogen-bond donors (Lipinski definition) is 2. The lowest BCUT2D eigenvalue weighted by molar-refractivity contribution is -0.114. The third-order valence-electron chi connectivity index (χ3n) is 5.98. The van der Waals surface area contributed by atoms with Crippen LogP contribution < -0.4 is 19.7 Å². The van der Waals surface area contributed by atoms with Gasteiger partial charge in [0.25, 0.3) is 15.9 Å². The molecular weight excluding hydrogens is 526 g/mol. The second-order valence-corrected chi connectivity index (χ2v) is 10.9. The summed E-state index contributed by atoms with van der Waals surface area (Å²) in [6, 6.07) is 28.7. The first-order valence-electron chi connectivity index (χ1n) is 12.9. The van der Waals surface area contributed by atoms with Crippen molar-refractivity contribution in [3.8, 4) is 11.5 Å². The average Bonchev–Trinajstić information content (AvgIpc) is 2.96. The molecule has 4 aromatic rings. The standard InChI is InChI=1S/C31H31N3O5S/c1-3-21-32-31(36)28-11-7-8-12-29(28)33-30(35)22-34(40(37,38)27-19-13-23(2)14-20-27)24-15-17-26(18-16-24)39-25-9-5-4-6-10-25/h4-20H,3,21-22H2,1-2H3,(H,32,36)(H,33,35). The lowest BCUT2D eigenvalue weighted by Gasteiger charge is -2.24. The van der Waals surface area contributed by atoms with E-state index in [1.165, 1.54) is 12.1 Å². The van der Waals surface area contributed by atoms with Crippen LogP contribution in [0.15, 0.2) is 108 Å². The number of amides is 2. The van der Waals surface area contributed by atoms with Gasteiger partial charge in [-0.2, -0.15) is 0 Å². The van der Waals surface area contributed by atoms with Gasteiger partial charge in [0.2, 0.25) is 5.91 Å². The number of carbonyl (C=O) groups excluding carboxylic acids is 2. The van der Waals surface area contributed by atoms with E-state index in [4.69, 9.17) is 4.74 Å². The van der Waals surface area contributed by atoms with Crippen LogP contribution >= 0.6 is 0 Å². The van der Waals surface area contributed by atoms with Crippen molar-refractivity contribution in [1.29, 1.82) is 0 Å². The van der Waals surface area contributed by atoms with Crippen LogP contribution in [0.4, 0.5) is 11.4 Å². The van der Waals surface area contributed by atoms with E-state index in [0.29, 0.717) is 29.3 Å². The van der Waals surface area contributed by atoms with E-state index in [0.717, 1.165) is 16.3 Å². The maximum absolute atomic E-state index is 13.8. The minimum absolute atomic E-state index is 0.0508. The van der Waals surface area contributed by atoms with E-state index in [1.54, 1.807) is 60.7 Å². The first-order chi connectivity index (χ1) is 19.3. The Kier molecular flexibility index (Phi) is 9.19. The van der Waals surface area contributed by atoms with Gasteiger partial charge < -0.3 is 15.4 Å². The van der Waals surface area contributed by atoms with E-state index in [1.807, 2.05) is 44.2 Å². The van der Waals surface area contributed by atoms with Gasteiger partial charge in [0, 0.05) is 6.54 Å². The molecule has 4 rings (SSSR count). The van der Waals surface area contributed by atoms with Gasteiger partial charge in [-0.1, -0.05) is 55.0 Å². The fourth-order valence-electron chi connectivity index (χ4n) is 3.90. The van der Waals surface area contributed by atoms with Crippen LogP contribution in [0.2, 0.25) is 0 Å². The number of aryl methyl sites for hydroxylation is 1. The summed E-state index contributed by atoms with van der Waals surface area (Å²) in [5.41, 5.74) is 1.77. The quantitative estimate of drug-likeness (QED) is 0.244. The van der Waals surface area contributed by atoms with Gasteiger partial charge >= 0.3 is 0 Å². The number of anilines is 2. The lowest BCUT2D eigenvalue weighted by atomic mass is 10.1. The van der Waals surface area contributed by atoms with E-state index in [9.17, 15) is 18.0 Å². The number of benzene rings is 4. The molecule has 4 aromatic carbocycles. The lowest BCUT2D eigenvalue weighted by Crippen LogP contribution is -2.38. The second kappa shape index (κ2) is 12.9. The van der Waals surface area contributed by atoms with E-state index < -0.39 is 22.5 Å². The Morgan fingerprint density at radius 2 is 1.43 bits per heavy atom. The highest BCUT2D eigenvalue weighted by atomic mass is 32.2. The molecule has 0 spiro atoms. The summed E-state index contributed by atoms with van der Waals surface area (Å²) < 4.78 is 34.4. The molecule has 0 aliphatic rings. The van der Waals surface area contributed by atoms with Gasteiger partial charge in [-0.3, -0.25) is 13.9 Å². The zero-order chi connectivity index (χ0) is 28.5. The summed E-state index contributed by atoms with van der Waals surface area (Å²) in [7, 11) is -4.12. The van der Waals surface area contributed by atoms with Crippen molar-refractivity contribution in [2.24, 2.45) is 0 Å². The molecule has 0 aliphatic carbocycles. The van der Waals surface area contributed by atoms with Crippen LogP contribution in [0.5, 0.6) is 11.5 Å². The van der Waals surface area contributed by atoms with Crippen molar-refractivity contribution in [3.05, 3.63) is 114 Å². The van der Waals surface area contributed by atoms with Gasteiger partial charge in [0.15, 0.2) is 0 Å². The zero-order valence-electron chi connectivity index (χ0n) is 22.3. The minimum Gasteiger partial charge on any atom is -0.457 e. The van der Waals surface area contributed by atoms with Crippen LogP contribution in [0.25, 0.3) is 0 Å². The number of rotatable bonds is 11. The Labute approximate surface area is 234 Å². The molecule has 0 unspecified atom stereocenters. The molecule has 0 bridgehead atoms. The van der Waals surface area contributed by atoms with Gasteiger partial charge in [-0.15, -0.1) is 0 Å². The monoisotopic (exact) mass is 557 g/mol. The minimum atomic E-state index is -4.12. The smallest absolute Gasteiger partial charge is 0.264 e. The number of ether oxygens (including phenoxy) is 1. The van der Waals surface area contributed by atoms with Crippen molar-refractivity contribution >= 4 is 33.2 Å². The van der Waals surface area contributed by atoms with Gasteiger partial charge in [0.05, 0.1) is 21.8 Å². The number of sulfonamides is 1. The van der Waals surface area contributed by atoms with Crippen LogP contribution in [0.1, 0.15) is 29.3 Å². The van der Waals surface area contributed by atoms with E-state index >= 15 is 0 Å². The molecule has 0 aromatic heterocycles. The normalized spacial score (nSPS) is 10.9. The molecule has 0 radical (unpaired) electrons. The van der Waals surface area contributed by atoms with Crippen LogP contribution in [0.3, 0.4) is 0 Å². The summed E-state index contributed by atoms with van der Waals surface area (Å²) in [5.74, 6) is 0.228. The number of para-hydroxylation sites is 2. The molecule has 2 N–H and O–H groups in total. The van der Waals surface area contributed by atoms with Crippen LogP contribution in [-0.4, -0.2) is 33.3 Å². The highest BCUT2D eigenvalue weighted by molar-refractivity contribution is 7.92. The molecule has 2 amide bonds. The fraction of sp³-hybridized carbons (Fsp3) is 0.161. The van der Waals surface area contributed by atoms with Crippen molar-refractivity contribution in [2.75, 3.05) is 22.7 Å². The zero-order valence-corrected chi connectivity index (χ0v) is 23.1. The third-order valence-corrected chi connectivity index (χ3v) is 7.77. The molecule has 0 atom stereocenters. The number of carbonyl (C=O) groups is 2. The summed E-state index contributed by atoms with van der Waals surface area (Å²) in [6.07, 6.45) is 0.765. The molecule has 0 saturated heterocycles. The summed E-state index contributed by atoms with van der Waals surface area (Å²) in [4.78, 5) is 25.9. The summed E-state index contributed by atoms with van der Waals surface area (Å²) >= 11 is 0.